The van der Waals surface area contributed by atoms with E-state index in [1.54, 1.807) is 0 Å². The number of carbonyl (C=O) groups excluding carboxylic acids is 2. The summed E-state index contributed by atoms with van der Waals surface area (Å²) in [5.74, 6) is 0.412. The zero-order chi connectivity index (χ0) is 12.7. The third-order valence-electron chi connectivity index (χ3n) is 2.96. The van der Waals surface area contributed by atoms with Crippen LogP contribution in [-0.2, 0) is 4.79 Å². The summed E-state index contributed by atoms with van der Waals surface area (Å²) < 4.78 is 0. The summed E-state index contributed by atoms with van der Waals surface area (Å²) in [6.45, 7) is 2.77. The van der Waals surface area contributed by atoms with E-state index in [2.05, 4.69) is 22.6 Å². The van der Waals surface area contributed by atoms with Crippen LogP contribution in [0.2, 0.25) is 0 Å². The Morgan fingerprint density at radius 2 is 2.00 bits per heavy atom. The smallest absolute Gasteiger partial charge is 0.321 e. The molecule has 1 rings (SSSR count). The molecule has 0 aromatic heterocycles. The van der Waals surface area contributed by atoms with Crippen molar-refractivity contribution in [3.8, 4) is 0 Å². The molecule has 0 bridgehead atoms. The quantitative estimate of drug-likeness (QED) is 0.736. The molecule has 0 unspecified atom stereocenters. The molecule has 6 heteroatoms. The second-order valence-electron chi connectivity index (χ2n) is 4.44. The van der Waals surface area contributed by atoms with Crippen LogP contribution in [-0.4, -0.2) is 49.4 Å². The summed E-state index contributed by atoms with van der Waals surface area (Å²) in [6, 6.07) is -0.418. The molecule has 2 N–H and O–H groups in total. The number of piperidine rings is 1. The molecule has 1 fully saturated rings. The molecule has 1 aliphatic rings. The Labute approximate surface area is 107 Å². The summed E-state index contributed by atoms with van der Waals surface area (Å²) in [7, 11) is 2.10. The molecular weight excluding hydrogens is 242 g/mol. The highest BCUT2D eigenvalue weighted by atomic mass is 35.5. The lowest BCUT2D eigenvalue weighted by atomic mass is 9.97. The summed E-state index contributed by atoms with van der Waals surface area (Å²) in [5.41, 5.74) is 0. The van der Waals surface area contributed by atoms with Crippen molar-refractivity contribution in [2.24, 2.45) is 5.92 Å². The van der Waals surface area contributed by atoms with Crippen LogP contribution in [0.3, 0.4) is 0 Å². The van der Waals surface area contributed by atoms with Gasteiger partial charge >= 0.3 is 6.03 Å². The highest BCUT2D eigenvalue weighted by molar-refractivity contribution is 6.19. The van der Waals surface area contributed by atoms with Gasteiger partial charge in [0.1, 0.15) is 0 Å². The number of hydrogen-bond acceptors (Lipinski definition) is 3. The van der Waals surface area contributed by atoms with Gasteiger partial charge in [0.05, 0.1) is 0 Å². The van der Waals surface area contributed by atoms with Crippen LogP contribution >= 0.6 is 11.6 Å². The number of nitrogens with one attached hydrogen (secondary N) is 2. The van der Waals surface area contributed by atoms with E-state index < -0.39 is 6.03 Å². The molecule has 1 saturated heterocycles. The Hall–Kier alpha value is -0.810. The van der Waals surface area contributed by atoms with E-state index in [-0.39, 0.29) is 18.2 Å². The van der Waals surface area contributed by atoms with Crippen LogP contribution in [0, 0.1) is 5.92 Å². The molecule has 3 amide bonds. The fourth-order valence-corrected chi connectivity index (χ4v) is 1.99. The van der Waals surface area contributed by atoms with Crippen LogP contribution in [0.1, 0.15) is 19.3 Å². The minimum absolute atomic E-state index is 0.170. The molecule has 0 spiro atoms. The number of halogens is 1. The second kappa shape index (κ2) is 7.50. The van der Waals surface area contributed by atoms with E-state index >= 15 is 0 Å². The first-order valence-electron chi connectivity index (χ1n) is 5.94. The van der Waals surface area contributed by atoms with Crippen LogP contribution in [0.15, 0.2) is 0 Å². The van der Waals surface area contributed by atoms with E-state index in [0.717, 1.165) is 25.9 Å². The molecule has 5 nitrogen and oxygen atoms in total. The van der Waals surface area contributed by atoms with Crippen molar-refractivity contribution in [2.45, 2.75) is 19.3 Å². The van der Waals surface area contributed by atoms with Crippen LogP contribution in [0.5, 0.6) is 0 Å². The monoisotopic (exact) mass is 261 g/mol. The molecule has 1 heterocycles. The van der Waals surface area contributed by atoms with Crippen molar-refractivity contribution in [3.63, 3.8) is 0 Å². The number of nitrogens with zero attached hydrogens (tertiary/aromatic N) is 1. The largest absolute Gasteiger partial charge is 0.338 e. The average molecular weight is 262 g/mol. The normalized spacial score (nSPS) is 17.8. The fraction of sp³-hybridized carbons (Fsp3) is 0.818. The summed E-state index contributed by atoms with van der Waals surface area (Å²) in [6.07, 6.45) is 2.35. The first-order chi connectivity index (χ1) is 8.11. The molecule has 0 aromatic rings. The van der Waals surface area contributed by atoms with Crippen molar-refractivity contribution in [3.05, 3.63) is 0 Å². The first kappa shape index (κ1) is 14.3. The predicted molar refractivity (Wildman–Crippen MR) is 67.1 cm³/mol. The third-order valence-corrected chi connectivity index (χ3v) is 3.15. The van der Waals surface area contributed by atoms with E-state index in [4.69, 9.17) is 11.6 Å². The van der Waals surface area contributed by atoms with Crippen molar-refractivity contribution >= 4 is 23.5 Å². The maximum absolute atomic E-state index is 11.3. The zero-order valence-electron chi connectivity index (χ0n) is 10.2. The van der Waals surface area contributed by atoms with Gasteiger partial charge in [0.15, 0.2) is 0 Å². The standard InChI is InChI=1S/C11H20ClN3O2/c1-15-6-3-9(4-7-15)8-13-11(17)14-10(16)2-5-12/h9H,2-8H2,1H3,(H2,13,14,16,17). The Kier molecular flexibility index (Phi) is 6.29. The average Bonchev–Trinajstić information content (AvgIpc) is 2.28. The topological polar surface area (TPSA) is 61.4 Å². The minimum atomic E-state index is -0.418. The first-order valence-corrected chi connectivity index (χ1v) is 6.47. The van der Waals surface area contributed by atoms with Gasteiger partial charge in [-0.25, -0.2) is 4.79 Å². The molecule has 98 valence electrons. The maximum Gasteiger partial charge on any atom is 0.321 e. The number of rotatable bonds is 4. The number of urea groups is 1. The zero-order valence-corrected chi connectivity index (χ0v) is 10.9. The van der Waals surface area contributed by atoms with Gasteiger partial charge in [-0.3, -0.25) is 10.1 Å². The van der Waals surface area contributed by atoms with Gasteiger partial charge in [0.25, 0.3) is 0 Å². The van der Waals surface area contributed by atoms with Gasteiger partial charge in [-0.05, 0) is 38.9 Å². The molecule has 0 saturated carbocycles. The molecule has 0 atom stereocenters. The molecule has 0 aliphatic carbocycles. The van der Waals surface area contributed by atoms with Gasteiger partial charge < -0.3 is 10.2 Å². The molecule has 0 aromatic carbocycles. The lowest BCUT2D eigenvalue weighted by Crippen LogP contribution is -2.43. The van der Waals surface area contributed by atoms with E-state index in [9.17, 15) is 9.59 Å². The van der Waals surface area contributed by atoms with Gasteiger partial charge in [0, 0.05) is 18.8 Å². The Morgan fingerprint density at radius 3 is 2.59 bits per heavy atom. The number of alkyl halides is 1. The number of amides is 3. The third kappa shape index (κ3) is 5.89. The minimum Gasteiger partial charge on any atom is -0.338 e. The molecule has 17 heavy (non-hydrogen) atoms. The maximum atomic E-state index is 11.3. The van der Waals surface area contributed by atoms with Crippen LogP contribution < -0.4 is 10.6 Å². The van der Waals surface area contributed by atoms with Gasteiger partial charge in [-0.1, -0.05) is 0 Å². The molecule has 0 radical (unpaired) electrons. The molecular formula is C11H20ClN3O2. The summed E-state index contributed by atoms with van der Waals surface area (Å²) in [5, 5.41) is 4.97. The van der Waals surface area contributed by atoms with Gasteiger partial charge in [0.2, 0.25) is 5.91 Å². The Bertz CT molecular complexity index is 265. The fourth-order valence-electron chi connectivity index (χ4n) is 1.82. The summed E-state index contributed by atoms with van der Waals surface area (Å²) >= 11 is 5.40. The van der Waals surface area contributed by atoms with Crippen molar-refractivity contribution < 1.29 is 9.59 Å². The highest BCUT2D eigenvalue weighted by Crippen LogP contribution is 2.14. The number of hydrogen-bond donors (Lipinski definition) is 2. The number of carbonyl (C=O) groups is 2. The number of likely N-dealkylation sites (tertiary alicyclic amines) is 1. The van der Waals surface area contributed by atoms with E-state index in [0.29, 0.717) is 12.5 Å². The van der Waals surface area contributed by atoms with E-state index in [1.165, 1.54) is 0 Å². The van der Waals surface area contributed by atoms with Crippen LogP contribution in [0.4, 0.5) is 4.79 Å². The van der Waals surface area contributed by atoms with Crippen molar-refractivity contribution in [1.82, 2.24) is 15.5 Å². The van der Waals surface area contributed by atoms with Gasteiger partial charge in [-0.15, -0.1) is 11.6 Å². The van der Waals surface area contributed by atoms with Crippen molar-refractivity contribution in [1.29, 1.82) is 0 Å². The highest BCUT2D eigenvalue weighted by Gasteiger charge is 2.17. The number of imide groups is 1. The van der Waals surface area contributed by atoms with Crippen molar-refractivity contribution in [2.75, 3.05) is 32.6 Å². The Morgan fingerprint density at radius 1 is 1.35 bits per heavy atom. The molecule has 1 aliphatic heterocycles. The van der Waals surface area contributed by atoms with Gasteiger partial charge in [-0.2, -0.15) is 0 Å². The summed E-state index contributed by atoms with van der Waals surface area (Å²) in [4.78, 5) is 24.7. The lowest BCUT2D eigenvalue weighted by Gasteiger charge is -2.28. The second-order valence-corrected chi connectivity index (χ2v) is 4.82. The predicted octanol–water partition coefficient (Wildman–Crippen LogP) is 0.783. The lowest BCUT2D eigenvalue weighted by molar-refractivity contribution is -0.119. The Balaban J connectivity index is 2.13. The van der Waals surface area contributed by atoms with E-state index in [1.807, 2.05) is 0 Å². The SMILES string of the molecule is CN1CCC(CNC(=O)NC(=O)CCCl)CC1. The van der Waals surface area contributed by atoms with Crippen LogP contribution in [0.25, 0.3) is 0 Å².